The minimum absolute atomic E-state index is 0.147. The van der Waals surface area contributed by atoms with Gasteiger partial charge in [-0.25, -0.2) is 0 Å². The molecule has 1 heteroatoms. The van der Waals surface area contributed by atoms with Crippen LogP contribution < -0.4 is 0 Å². The lowest BCUT2D eigenvalue weighted by atomic mass is 9.93. The van der Waals surface area contributed by atoms with Gasteiger partial charge in [0.15, 0.2) is 0 Å². The summed E-state index contributed by atoms with van der Waals surface area (Å²) in [5, 5.41) is 9.19. The van der Waals surface area contributed by atoms with E-state index in [1.54, 1.807) is 0 Å². The van der Waals surface area contributed by atoms with Crippen molar-refractivity contribution in [3.05, 3.63) is 40.8 Å². The lowest BCUT2D eigenvalue weighted by Gasteiger charge is -2.13. The van der Waals surface area contributed by atoms with Crippen molar-refractivity contribution in [1.29, 1.82) is 0 Å². The maximum Gasteiger partial charge on any atom is 0.0534 e. The molecule has 0 spiro atoms. The molecule has 16 heavy (non-hydrogen) atoms. The summed E-state index contributed by atoms with van der Waals surface area (Å²) in [4.78, 5) is 0. The SMILES string of the molecule is CCc1cc(CC(C)C)cc([C](C)CO)c1. The summed E-state index contributed by atoms with van der Waals surface area (Å²) in [6, 6.07) is 6.69. The summed E-state index contributed by atoms with van der Waals surface area (Å²) >= 11 is 0. The van der Waals surface area contributed by atoms with E-state index in [0.29, 0.717) is 5.92 Å². The maximum absolute atomic E-state index is 9.19. The Balaban J connectivity index is 3.00. The normalized spacial score (nSPS) is 11.4. The Morgan fingerprint density at radius 2 is 1.81 bits per heavy atom. The molecule has 1 radical (unpaired) electrons. The fourth-order valence-electron chi connectivity index (χ4n) is 1.89. The Labute approximate surface area is 99.5 Å². The van der Waals surface area contributed by atoms with Crippen molar-refractivity contribution >= 4 is 0 Å². The second-order valence-electron chi connectivity index (χ2n) is 4.93. The Kier molecular flexibility index (Phi) is 5.01. The first kappa shape index (κ1) is 13.2. The fourth-order valence-corrected chi connectivity index (χ4v) is 1.89. The topological polar surface area (TPSA) is 20.2 Å². The van der Waals surface area contributed by atoms with Gasteiger partial charge in [0.05, 0.1) is 6.61 Å². The van der Waals surface area contributed by atoms with Crippen molar-refractivity contribution in [3.63, 3.8) is 0 Å². The predicted molar refractivity (Wildman–Crippen MR) is 69.5 cm³/mol. The monoisotopic (exact) mass is 219 g/mol. The van der Waals surface area contributed by atoms with Crippen molar-refractivity contribution in [1.82, 2.24) is 0 Å². The molecule has 0 aliphatic carbocycles. The molecular formula is C15H23O. The first-order chi connectivity index (χ1) is 7.56. The summed E-state index contributed by atoms with van der Waals surface area (Å²) in [5.41, 5.74) is 3.94. The summed E-state index contributed by atoms with van der Waals surface area (Å²) < 4.78 is 0. The molecule has 0 atom stereocenters. The molecule has 1 N–H and O–H groups in total. The summed E-state index contributed by atoms with van der Waals surface area (Å²) in [7, 11) is 0. The Bertz CT molecular complexity index is 328. The molecule has 0 aromatic heterocycles. The van der Waals surface area contributed by atoms with E-state index >= 15 is 0 Å². The zero-order valence-electron chi connectivity index (χ0n) is 10.9. The molecule has 1 aromatic carbocycles. The first-order valence-corrected chi connectivity index (χ1v) is 6.13. The zero-order valence-corrected chi connectivity index (χ0v) is 10.9. The van der Waals surface area contributed by atoms with Gasteiger partial charge in [-0.05, 0) is 35.4 Å². The van der Waals surface area contributed by atoms with Crippen LogP contribution in [0.5, 0.6) is 0 Å². The highest BCUT2D eigenvalue weighted by Gasteiger charge is 2.08. The second-order valence-corrected chi connectivity index (χ2v) is 4.93. The average molecular weight is 219 g/mol. The third kappa shape index (κ3) is 3.64. The highest BCUT2D eigenvalue weighted by molar-refractivity contribution is 5.38. The fraction of sp³-hybridized carbons (Fsp3) is 0.533. The van der Waals surface area contributed by atoms with E-state index in [9.17, 15) is 5.11 Å². The van der Waals surface area contributed by atoms with Crippen LogP contribution in [0.15, 0.2) is 18.2 Å². The molecular weight excluding hydrogens is 196 g/mol. The van der Waals surface area contributed by atoms with Crippen LogP contribution in [-0.4, -0.2) is 11.7 Å². The molecule has 1 rings (SSSR count). The number of rotatable bonds is 5. The van der Waals surface area contributed by atoms with E-state index < -0.39 is 0 Å². The molecule has 0 unspecified atom stereocenters. The van der Waals surface area contributed by atoms with E-state index in [1.807, 2.05) is 6.92 Å². The summed E-state index contributed by atoms with van der Waals surface area (Å²) in [6.45, 7) is 8.79. The molecule has 0 saturated heterocycles. The van der Waals surface area contributed by atoms with Crippen LogP contribution in [-0.2, 0) is 12.8 Å². The van der Waals surface area contributed by atoms with Crippen molar-refractivity contribution in [2.45, 2.75) is 40.5 Å². The van der Waals surface area contributed by atoms with Gasteiger partial charge in [-0.3, -0.25) is 0 Å². The molecule has 89 valence electrons. The van der Waals surface area contributed by atoms with E-state index in [4.69, 9.17) is 0 Å². The van der Waals surface area contributed by atoms with Crippen molar-refractivity contribution in [2.75, 3.05) is 6.61 Å². The van der Waals surface area contributed by atoms with Gasteiger partial charge in [0.25, 0.3) is 0 Å². The van der Waals surface area contributed by atoms with Gasteiger partial charge in [-0.15, -0.1) is 0 Å². The quantitative estimate of drug-likeness (QED) is 0.805. The number of aliphatic hydroxyl groups is 1. The van der Waals surface area contributed by atoms with Crippen LogP contribution in [0.4, 0.5) is 0 Å². The highest BCUT2D eigenvalue weighted by atomic mass is 16.3. The predicted octanol–water partition coefficient (Wildman–Crippen LogP) is 3.38. The van der Waals surface area contributed by atoms with Crippen LogP contribution in [0.1, 0.15) is 44.4 Å². The van der Waals surface area contributed by atoms with Gasteiger partial charge in [0.1, 0.15) is 0 Å². The Morgan fingerprint density at radius 3 is 2.31 bits per heavy atom. The summed E-state index contributed by atoms with van der Waals surface area (Å²) in [6.07, 6.45) is 2.16. The molecule has 1 aromatic rings. The second kappa shape index (κ2) is 6.05. The molecule has 1 nitrogen and oxygen atoms in total. The van der Waals surface area contributed by atoms with E-state index in [0.717, 1.165) is 18.8 Å². The standard InChI is InChI=1S/C15H23O/c1-5-13-7-14(6-11(2)3)9-15(8-13)12(4)10-16/h7-9,11,16H,5-6,10H2,1-4H3. The third-order valence-corrected chi connectivity index (χ3v) is 2.83. The van der Waals surface area contributed by atoms with Crippen LogP contribution in [0, 0.1) is 11.8 Å². The number of aryl methyl sites for hydroxylation is 1. The molecule has 0 bridgehead atoms. The molecule has 0 fully saturated rings. The van der Waals surface area contributed by atoms with Crippen molar-refractivity contribution < 1.29 is 5.11 Å². The van der Waals surface area contributed by atoms with Crippen molar-refractivity contribution in [2.24, 2.45) is 5.92 Å². The molecule has 0 heterocycles. The van der Waals surface area contributed by atoms with Gasteiger partial charge in [-0.2, -0.15) is 0 Å². The number of aliphatic hydroxyl groups excluding tert-OH is 1. The lowest BCUT2D eigenvalue weighted by Crippen LogP contribution is -2.03. The number of hydrogen-bond donors (Lipinski definition) is 1. The van der Waals surface area contributed by atoms with Crippen molar-refractivity contribution in [3.8, 4) is 0 Å². The van der Waals surface area contributed by atoms with Crippen LogP contribution in [0.25, 0.3) is 0 Å². The first-order valence-electron chi connectivity index (χ1n) is 6.13. The number of benzene rings is 1. The zero-order chi connectivity index (χ0) is 12.1. The molecule has 0 aliphatic rings. The molecule has 0 saturated carbocycles. The van der Waals surface area contributed by atoms with Gasteiger partial charge in [-0.1, -0.05) is 45.9 Å². The minimum atomic E-state index is 0.147. The van der Waals surface area contributed by atoms with Gasteiger partial charge >= 0.3 is 0 Å². The Hall–Kier alpha value is -0.820. The van der Waals surface area contributed by atoms with Gasteiger partial charge in [0, 0.05) is 5.92 Å². The smallest absolute Gasteiger partial charge is 0.0534 e. The Morgan fingerprint density at radius 1 is 1.19 bits per heavy atom. The minimum Gasteiger partial charge on any atom is -0.395 e. The number of hydrogen-bond acceptors (Lipinski definition) is 1. The lowest BCUT2D eigenvalue weighted by molar-refractivity contribution is 0.315. The van der Waals surface area contributed by atoms with E-state index in [-0.39, 0.29) is 6.61 Å². The van der Waals surface area contributed by atoms with Crippen LogP contribution in [0.3, 0.4) is 0 Å². The maximum atomic E-state index is 9.19. The largest absolute Gasteiger partial charge is 0.395 e. The van der Waals surface area contributed by atoms with Crippen LogP contribution in [0.2, 0.25) is 0 Å². The summed E-state index contributed by atoms with van der Waals surface area (Å²) in [5.74, 6) is 1.73. The third-order valence-electron chi connectivity index (χ3n) is 2.83. The average Bonchev–Trinajstić information content (AvgIpc) is 2.26. The van der Waals surface area contributed by atoms with E-state index in [2.05, 4.69) is 39.0 Å². The molecule has 0 aliphatic heterocycles. The van der Waals surface area contributed by atoms with Crippen LogP contribution >= 0.6 is 0 Å². The van der Waals surface area contributed by atoms with Gasteiger partial charge < -0.3 is 5.11 Å². The highest BCUT2D eigenvalue weighted by Crippen LogP contribution is 2.20. The molecule has 0 amide bonds. The van der Waals surface area contributed by atoms with E-state index in [1.165, 1.54) is 16.7 Å². The van der Waals surface area contributed by atoms with Gasteiger partial charge in [0.2, 0.25) is 0 Å².